The van der Waals surface area contributed by atoms with E-state index in [1.165, 1.54) is 4.31 Å². The van der Waals surface area contributed by atoms with Gasteiger partial charge in [0.2, 0.25) is 4.34 Å². The van der Waals surface area contributed by atoms with Crippen molar-refractivity contribution in [3.8, 4) is 17.1 Å². The molecule has 0 aliphatic carbocycles. The molecule has 0 bridgehead atoms. The van der Waals surface area contributed by atoms with Crippen molar-refractivity contribution in [3.05, 3.63) is 74.7 Å². The van der Waals surface area contributed by atoms with Crippen molar-refractivity contribution >= 4 is 27.0 Å². The lowest BCUT2D eigenvalue weighted by atomic mass is 10.1. The Kier molecular flexibility index (Phi) is 7.32. The normalized spacial score (nSPS) is 11.7. The average molecular weight is 529 g/mol. The molecular weight excluding hydrogens is 500 g/mol. The number of sulfonamides is 1. The zero-order chi connectivity index (χ0) is 26.0. The zero-order valence-corrected chi connectivity index (χ0v) is 22.4. The van der Waals surface area contributed by atoms with E-state index in [-0.39, 0.29) is 23.4 Å². The van der Waals surface area contributed by atoms with Crippen LogP contribution in [-0.4, -0.2) is 30.1 Å². The first-order valence-corrected chi connectivity index (χ1v) is 13.7. The number of ether oxygens (including phenoxy) is 1. The van der Waals surface area contributed by atoms with Gasteiger partial charge in [0.15, 0.2) is 5.82 Å². The molecule has 2 aromatic carbocycles. The molecule has 1 N–H and O–H groups in total. The van der Waals surface area contributed by atoms with E-state index in [9.17, 15) is 13.2 Å². The van der Waals surface area contributed by atoms with E-state index < -0.39 is 15.8 Å². The van der Waals surface area contributed by atoms with Gasteiger partial charge in [-0.15, -0.1) is 11.3 Å². The predicted molar refractivity (Wildman–Crippen MR) is 139 cm³/mol. The molecule has 0 saturated heterocycles. The SMILES string of the molecule is Cc1csc(S(=O)(=O)N(CC(C)C)c2cc(C)c(C)cc2OCc2ccc(-c3noc(=O)[nH]3)cc2)n1. The van der Waals surface area contributed by atoms with Gasteiger partial charge < -0.3 is 4.74 Å². The largest absolute Gasteiger partial charge is 0.487 e. The molecular formula is C25H28N4O5S2. The molecule has 0 aliphatic heterocycles. The van der Waals surface area contributed by atoms with Crippen LogP contribution in [0.4, 0.5) is 5.69 Å². The Morgan fingerprint density at radius 2 is 1.81 bits per heavy atom. The monoisotopic (exact) mass is 528 g/mol. The lowest BCUT2D eigenvalue weighted by Crippen LogP contribution is -2.34. The number of rotatable bonds is 9. The minimum absolute atomic E-state index is 0.0614. The summed E-state index contributed by atoms with van der Waals surface area (Å²) >= 11 is 1.12. The molecule has 2 heterocycles. The van der Waals surface area contributed by atoms with Crippen LogP contribution in [0.25, 0.3) is 11.4 Å². The summed E-state index contributed by atoms with van der Waals surface area (Å²) in [5, 5.41) is 5.42. The number of aromatic amines is 1. The molecule has 0 spiro atoms. The molecule has 0 amide bonds. The molecule has 0 radical (unpaired) electrons. The van der Waals surface area contributed by atoms with Gasteiger partial charge in [-0.25, -0.2) is 9.78 Å². The lowest BCUT2D eigenvalue weighted by molar-refractivity contribution is 0.306. The van der Waals surface area contributed by atoms with Crippen LogP contribution >= 0.6 is 11.3 Å². The summed E-state index contributed by atoms with van der Waals surface area (Å²) < 4.78 is 39.5. The van der Waals surface area contributed by atoms with Gasteiger partial charge in [-0.3, -0.25) is 13.8 Å². The van der Waals surface area contributed by atoms with E-state index in [1.54, 1.807) is 24.4 Å². The molecule has 0 unspecified atom stereocenters. The third-order valence-corrected chi connectivity index (χ3v) is 8.68. The zero-order valence-electron chi connectivity index (χ0n) is 20.7. The van der Waals surface area contributed by atoms with Crippen molar-refractivity contribution in [3.63, 3.8) is 0 Å². The minimum atomic E-state index is -3.88. The van der Waals surface area contributed by atoms with Gasteiger partial charge in [0, 0.05) is 23.2 Å². The van der Waals surface area contributed by atoms with Crippen molar-refractivity contribution in [2.24, 2.45) is 5.92 Å². The first kappa shape index (κ1) is 25.6. The number of anilines is 1. The smallest absolute Gasteiger partial charge is 0.439 e. The third-order valence-electron chi connectivity index (χ3n) is 5.55. The number of aryl methyl sites for hydroxylation is 3. The van der Waals surface area contributed by atoms with Crippen molar-refractivity contribution in [2.75, 3.05) is 10.8 Å². The van der Waals surface area contributed by atoms with Gasteiger partial charge in [-0.1, -0.05) is 43.3 Å². The quantitative estimate of drug-likeness (QED) is 0.330. The summed E-state index contributed by atoms with van der Waals surface area (Å²) in [7, 11) is -3.88. The Morgan fingerprint density at radius 3 is 2.39 bits per heavy atom. The second kappa shape index (κ2) is 10.3. The summed E-state index contributed by atoms with van der Waals surface area (Å²) in [6, 6.07) is 11.0. The highest BCUT2D eigenvalue weighted by Crippen LogP contribution is 2.37. The van der Waals surface area contributed by atoms with Gasteiger partial charge in [-0.2, -0.15) is 8.42 Å². The Hall–Kier alpha value is -3.44. The van der Waals surface area contributed by atoms with Gasteiger partial charge in [0.1, 0.15) is 12.4 Å². The fraction of sp³-hybridized carbons (Fsp3) is 0.320. The highest BCUT2D eigenvalue weighted by molar-refractivity contribution is 7.94. The van der Waals surface area contributed by atoms with E-state index in [4.69, 9.17) is 4.74 Å². The van der Waals surface area contributed by atoms with Crippen molar-refractivity contribution < 1.29 is 17.7 Å². The highest BCUT2D eigenvalue weighted by Gasteiger charge is 2.31. The van der Waals surface area contributed by atoms with Gasteiger partial charge >= 0.3 is 5.76 Å². The van der Waals surface area contributed by atoms with Crippen LogP contribution in [0.3, 0.4) is 0 Å². The molecule has 11 heteroatoms. The standard InChI is InChI=1S/C25H28N4O5S2/c1-15(2)12-29(36(31,32)25-26-18(5)14-35-25)21-10-16(3)17(4)11-22(21)33-13-19-6-8-20(9-7-19)23-27-24(30)34-28-23/h6-11,14-15H,12-13H2,1-5H3,(H,27,28,30). The number of nitrogens with zero attached hydrogens (tertiary/aromatic N) is 3. The lowest BCUT2D eigenvalue weighted by Gasteiger charge is -2.28. The Bertz CT molecular complexity index is 1520. The molecule has 0 saturated carbocycles. The summed E-state index contributed by atoms with van der Waals surface area (Å²) in [6.45, 7) is 10.1. The summed E-state index contributed by atoms with van der Waals surface area (Å²) in [5.74, 6) is 0.274. The maximum Gasteiger partial charge on any atom is 0.439 e. The number of benzene rings is 2. The molecule has 36 heavy (non-hydrogen) atoms. The second-order valence-corrected chi connectivity index (χ2v) is 11.9. The van der Waals surface area contributed by atoms with E-state index >= 15 is 0 Å². The Labute approximate surface area is 213 Å². The van der Waals surface area contributed by atoms with E-state index in [0.717, 1.165) is 28.0 Å². The number of H-pyrrole nitrogens is 1. The third kappa shape index (κ3) is 5.52. The number of hydrogen-bond donors (Lipinski definition) is 1. The Morgan fingerprint density at radius 1 is 1.11 bits per heavy atom. The van der Waals surface area contributed by atoms with E-state index in [1.807, 2.05) is 52.0 Å². The van der Waals surface area contributed by atoms with Crippen LogP contribution in [0.5, 0.6) is 5.75 Å². The molecule has 0 atom stereocenters. The first-order valence-electron chi connectivity index (χ1n) is 11.4. The van der Waals surface area contributed by atoms with E-state index in [0.29, 0.717) is 28.5 Å². The van der Waals surface area contributed by atoms with Crippen molar-refractivity contribution in [2.45, 2.75) is 45.6 Å². The van der Waals surface area contributed by atoms with Crippen LogP contribution in [-0.2, 0) is 16.6 Å². The molecule has 0 aliphatic rings. The molecule has 0 fully saturated rings. The predicted octanol–water partition coefficient (Wildman–Crippen LogP) is 4.84. The first-order chi connectivity index (χ1) is 17.0. The molecule has 9 nitrogen and oxygen atoms in total. The minimum Gasteiger partial charge on any atom is -0.487 e. The van der Waals surface area contributed by atoms with Crippen LogP contribution < -0.4 is 14.8 Å². The number of aromatic nitrogens is 3. The number of thiazole rings is 1. The van der Waals surface area contributed by atoms with Crippen molar-refractivity contribution in [1.82, 2.24) is 15.1 Å². The number of hydrogen-bond acceptors (Lipinski definition) is 8. The van der Waals surface area contributed by atoms with Crippen molar-refractivity contribution in [1.29, 1.82) is 0 Å². The molecule has 4 aromatic rings. The fourth-order valence-corrected chi connectivity index (χ4v) is 6.33. The van der Waals surface area contributed by atoms with Crippen LogP contribution in [0.1, 0.15) is 36.2 Å². The van der Waals surface area contributed by atoms with E-state index in [2.05, 4.69) is 19.6 Å². The van der Waals surface area contributed by atoms with Crippen LogP contribution in [0.15, 0.2) is 55.4 Å². The second-order valence-electron chi connectivity index (χ2n) is 9.02. The average Bonchev–Trinajstić information content (AvgIpc) is 3.47. The van der Waals surface area contributed by atoms with Crippen LogP contribution in [0.2, 0.25) is 0 Å². The Balaban J connectivity index is 1.66. The molecule has 2 aromatic heterocycles. The van der Waals surface area contributed by atoms with Gasteiger partial charge in [-0.05, 0) is 55.5 Å². The fourth-order valence-electron chi connectivity index (χ4n) is 3.56. The maximum absolute atomic E-state index is 13.7. The molecule has 4 rings (SSSR count). The van der Waals surface area contributed by atoms with Gasteiger partial charge in [0.25, 0.3) is 10.0 Å². The highest BCUT2D eigenvalue weighted by atomic mass is 32.2. The summed E-state index contributed by atoms with van der Waals surface area (Å²) in [5.41, 5.74) is 4.66. The maximum atomic E-state index is 13.7. The van der Waals surface area contributed by atoms with Crippen LogP contribution in [0, 0.1) is 26.7 Å². The number of nitrogens with one attached hydrogen (secondary N) is 1. The topological polar surface area (TPSA) is 118 Å². The summed E-state index contributed by atoms with van der Waals surface area (Å²) in [4.78, 5) is 18.0. The molecule has 190 valence electrons. The summed E-state index contributed by atoms with van der Waals surface area (Å²) in [6.07, 6.45) is 0. The van der Waals surface area contributed by atoms with Gasteiger partial charge in [0.05, 0.1) is 5.69 Å².